The van der Waals surface area contributed by atoms with Crippen molar-refractivity contribution in [3.05, 3.63) is 44.3 Å². The summed E-state index contributed by atoms with van der Waals surface area (Å²) in [4.78, 5) is 4.14. The predicted molar refractivity (Wildman–Crippen MR) is 75.7 cm³/mol. The van der Waals surface area contributed by atoms with Gasteiger partial charge in [-0.15, -0.1) is 0 Å². The van der Waals surface area contributed by atoms with Gasteiger partial charge in [0.05, 0.1) is 5.69 Å². The number of hydrogen-bond donors (Lipinski definition) is 2. The van der Waals surface area contributed by atoms with Gasteiger partial charge in [-0.05, 0) is 17.7 Å². The van der Waals surface area contributed by atoms with Crippen molar-refractivity contribution in [2.45, 2.75) is 13.0 Å². The Labute approximate surface area is 119 Å². The molecule has 2 rings (SSSR count). The number of hydrogen-bond acceptors (Lipinski definition) is 4. The summed E-state index contributed by atoms with van der Waals surface area (Å²) in [5.41, 5.74) is 1.87. The van der Waals surface area contributed by atoms with Crippen LogP contribution < -0.4 is 5.32 Å². The Morgan fingerprint density at radius 2 is 2.17 bits per heavy atom. The lowest BCUT2D eigenvalue weighted by atomic mass is 10.2. The Balaban J connectivity index is 1.78. The molecule has 0 radical (unpaired) electrons. The minimum atomic E-state index is 0.281. The van der Waals surface area contributed by atoms with Crippen LogP contribution in [0.1, 0.15) is 11.3 Å². The monoisotopic (exact) mass is 302 g/mol. The molecule has 0 saturated heterocycles. The molecule has 0 bridgehead atoms. The highest BCUT2D eigenvalue weighted by Crippen LogP contribution is 2.27. The molecule has 0 unspecified atom stereocenters. The Kier molecular flexibility index (Phi) is 4.83. The first kappa shape index (κ1) is 13.6. The molecule has 2 N–H and O–H groups in total. The van der Waals surface area contributed by atoms with Gasteiger partial charge < -0.3 is 10.4 Å². The number of aromatic nitrogens is 1. The highest BCUT2D eigenvalue weighted by molar-refractivity contribution is 7.19. The van der Waals surface area contributed by atoms with Crippen LogP contribution in [-0.2, 0) is 13.0 Å². The molecule has 2 aromatic rings. The van der Waals surface area contributed by atoms with Gasteiger partial charge in [-0.25, -0.2) is 4.98 Å². The van der Waals surface area contributed by atoms with Crippen LogP contribution in [-0.4, -0.2) is 16.6 Å². The largest absolute Gasteiger partial charge is 0.508 e. The summed E-state index contributed by atoms with van der Waals surface area (Å²) >= 11 is 13.0. The van der Waals surface area contributed by atoms with Crippen molar-refractivity contribution in [3.63, 3.8) is 0 Å². The van der Waals surface area contributed by atoms with Crippen LogP contribution >= 0.6 is 34.5 Å². The summed E-state index contributed by atoms with van der Waals surface area (Å²) in [7, 11) is 0. The average molecular weight is 303 g/mol. The minimum absolute atomic E-state index is 0.281. The first-order valence-electron chi connectivity index (χ1n) is 5.44. The van der Waals surface area contributed by atoms with E-state index in [0.717, 1.165) is 24.2 Å². The number of aromatic hydroxyl groups is 1. The molecule has 3 nitrogen and oxygen atoms in total. The van der Waals surface area contributed by atoms with Gasteiger partial charge in [-0.3, -0.25) is 0 Å². The van der Waals surface area contributed by atoms with E-state index < -0.39 is 0 Å². The number of nitrogens with zero attached hydrogens (tertiary/aromatic N) is 1. The van der Waals surface area contributed by atoms with E-state index in [1.807, 2.05) is 12.1 Å². The van der Waals surface area contributed by atoms with Crippen LogP contribution in [0.3, 0.4) is 0 Å². The fourth-order valence-electron chi connectivity index (χ4n) is 1.57. The Bertz CT molecular complexity index is 531. The molecule has 1 aromatic heterocycles. The average Bonchev–Trinajstić information content (AvgIpc) is 2.64. The zero-order valence-corrected chi connectivity index (χ0v) is 11.8. The number of nitrogens with one attached hydrogen (secondary N) is 1. The molecule has 6 heteroatoms. The molecule has 1 aromatic carbocycles. The fraction of sp³-hybridized carbons (Fsp3) is 0.250. The number of phenols is 1. The molecule has 1 heterocycles. The van der Waals surface area contributed by atoms with E-state index in [1.54, 1.807) is 12.1 Å². The molecule has 0 aliphatic rings. The third kappa shape index (κ3) is 3.85. The molecule has 0 fully saturated rings. The van der Waals surface area contributed by atoms with E-state index in [1.165, 1.54) is 11.3 Å². The summed E-state index contributed by atoms with van der Waals surface area (Å²) in [6.45, 7) is 1.46. The number of thiazole rings is 1. The van der Waals surface area contributed by atoms with Crippen LogP contribution in [0.2, 0.25) is 8.80 Å². The molecule has 96 valence electrons. The topological polar surface area (TPSA) is 45.1 Å². The first-order valence-corrected chi connectivity index (χ1v) is 7.02. The third-order valence-electron chi connectivity index (χ3n) is 2.40. The van der Waals surface area contributed by atoms with Crippen molar-refractivity contribution >= 4 is 34.5 Å². The molecule has 0 spiro atoms. The highest BCUT2D eigenvalue weighted by atomic mass is 35.5. The van der Waals surface area contributed by atoms with Crippen LogP contribution in [0.25, 0.3) is 0 Å². The van der Waals surface area contributed by atoms with Crippen LogP contribution in [0, 0.1) is 0 Å². The molecular weight excluding hydrogens is 291 g/mol. The number of phenolic OH excluding ortho intramolecular Hbond substituents is 1. The SMILES string of the molecule is Oc1cccc(CNCCc2nc(Cl)sc2Cl)c1. The second kappa shape index (κ2) is 6.38. The standard InChI is InChI=1S/C12H12Cl2N2OS/c13-11-10(16-12(14)18-11)4-5-15-7-8-2-1-3-9(17)6-8/h1-3,6,15,17H,4-5,7H2. The lowest BCUT2D eigenvalue weighted by Crippen LogP contribution is -2.16. The van der Waals surface area contributed by atoms with Crippen molar-refractivity contribution in [2.75, 3.05) is 6.54 Å². The molecule has 18 heavy (non-hydrogen) atoms. The number of rotatable bonds is 5. The van der Waals surface area contributed by atoms with E-state index >= 15 is 0 Å². The van der Waals surface area contributed by atoms with Crippen molar-refractivity contribution < 1.29 is 5.11 Å². The van der Waals surface area contributed by atoms with Gasteiger partial charge in [0.25, 0.3) is 0 Å². The quantitative estimate of drug-likeness (QED) is 0.831. The van der Waals surface area contributed by atoms with Gasteiger partial charge in [0.1, 0.15) is 10.1 Å². The summed E-state index contributed by atoms with van der Waals surface area (Å²) in [6.07, 6.45) is 0.737. The molecule has 0 saturated carbocycles. The maximum atomic E-state index is 9.32. The summed E-state index contributed by atoms with van der Waals surface area (Å²) in [5.74, 6) is 0.281. The fourth-order valence-corrected chi connectivity index (χ4v) is 2.94. The predicted octanol–water partition coefficient (Wildman–Crippen LogP) is 3.49. The summed E-state index contributed by atoms with van der Waals surface area (Å²) in [5, 5.41) is 12.6. The molecule has 0 aliphatic heterocycles. The maximum Gasteiger partial charge on any atom is 0.185 e. The lowest BCUT2D eigenvalue weighted by Gasteiger charge is -2.04. The third-order valence-corrected chi connectivity index (χ3v) is 3.84. The number of benzene rings is 1. The van der Waals surface area contributed by atoms with Gasteiger partial charge in [0.2, 0.25) is 0 Å². The Morgan fingerprint density at radius 1 is 1.33 bits per heavy atom. The summed E-state index contributed by atoms with van der Waals surface area (Å²) in [6, 6.07) is 7.17. The van der Waals surface area contributed by atoms with Gasteiger partial charge in [-0.1, -0.05) is 46.7 Å². The van der Waals surface area contributed by atoms with Crippen LogP contribution in [0.5, 0.6) is 5.75 Å². The number of halogens is 2. The molecule has 0 aliphatic carbocycles. The molecular formula is C12H12Cl2N2OS. The minimum Gasteiger partial charge on any atom is -0.508 e. The van der Waals surface area contributed by atoms with E-state index in [2.05, 4.69) is 10.3 Å². The van der Waals surface area contributed by atoms with Crippen molar-refractivity contribution in [3.8, 4) is 5.75 Å². The summed E-state index contributed by atoms with van der Waals surface area (Å²) < 4.78 is 1.13. The van der Waals surface area contributed by atoms with Crippen molar-refractivity contribution in [2.24, 2.45) is 0 Å². The lowest BCUT2D eigenvalue weighted by molar-refractivity contribution is 0.474. The van der Waals surface area contributed by atoms with Crippen LogP contribution in [0.15, 0.2) is 24.3 Å². The van der Waals surface area contributed by atoms with Crippen molar-refractivity contribution in [1.82, 2.24) is 10.3 Å². The smallest absolute Gasteiger partial charge is 0.185 e. The second-order valence-corrected chi connectivity index (χ2v) is 5.97. The highest BCUT2D eigenvalue weighted by Gasteiger charge is 2.06. The maximum absolute atomic E-state index is 9.32. The van der Waals surface area contributed by atoms with E-state index in [9.17, 15) is 5.11 Å². The van der Waals surface area contributed by atoms with Crippen molar-refractivity contribution in [1.29, 1.82) is 0 Å². The van der Waals surface area contributed by atoms with Crippen LogP contribution in [0.4, 0.5) is 0 Å². The molecule has 0 amide bonds. The zero-order valence-electron chi connectivity index (χ0n) is 9.49. The first-order chi connectivity index (χ1) is 8.65. The Morgan fingerprint density at radius 3 is 2.83 bits per heavy atom. The van der Waals surface area contributed by atoms with Gasteiger partial charge in [0.15, 0.2) is 4.47 Å². The van der Waals surface area contributed by atoms with Gasteiger partial charge >= 0.3 is 0 Å². The molecule has 0 atom stereocenters. The zero-order chi connectivity index (χ0) is 13.0. The van der Waals surface area contributed by atoms with Gasteiger partial charge in [-0.2, -0.15) is 0 Å². The normalized spacial score (nSPS) is 10.8. The second-order valence-electron chi connectivity index (χ2n) is 3.78. The van der Waals surface area contributed by atoms with Gasteiger partial charge in [0, 0.05) is 19.5 Å². The Hall–Kier alpha value is -0.810. The van der Waals surface area contributed by atoms with E-state index in [0.29, 0.717) is 15.3 Å². The van der Waals surface area contributed by atoms with E-state index in [-0.39, 0.29) is 5.75 Å². The van der Waals surface area contributed by atoms with E-state index in [4.69, 9.17) is 23.2 Å².